The molecule has 1 aliphatic heterocycles. The summed E-state index contributed by atoms with van der Waals surface area (Å²) in [5, 5.41) is 4.69. The van der Waals surface area contributed by atoms with Gasteiger partial charge in [0.05, 0.1) is 4.88 Å². The van der Waals surface area contributed by atoms with Gasteiger partial charge in [0.15, 0.2) is 0 Å². The van der Waals surface area contributed by atoms with Crippen molar-refractivity contribution in [3.05, 3.63) is 58.0 Å². The molecule has 1 aromatic carbocycles. The maximum absolute atomic E-state index is 13.6. The van der Waals surface area contributed by atoms with E-state index < -0.39 is 0 Å². The van der Waals surface area contributed by atoms with Crippen molar-refractivity contribution in [3.63, 3.8) is 0 Å². The zero-order valence-electron chi connectivity index (χ0n) is 13.2. The normalized spacial score (nSPS) is 15.3. The molecule has 126 valence electrons. The highest BCUT2D eigenvalue weighted by molar-refractivity contribution is 7.12. The number of piperidine rings is 1. The van der Waals surface area contributed by atoms with Crippen LogP contribution in [0.3, 0.4) is 0 Å². The van der Waals surface area contributed by atoms with Crippen LogP contribution in [0.2, 0.25) is 0 Å². The van der Waals surface area contributed by atoms with Gasteiger partial charge in [0.1, 0.15) is 5.82 Å². The molecule has 6 heteroatoms. The van der Waals surface area contributed by atoms with Crippen LogP contribution in [0, 0.1) is 11.7 Å². The van der Waals surface area contributed by atoms with Crippen LogP contribution in [-0.4, -0.2) is 29.8 Å². The van der Waals surface area contributed by atoms with E-state index in [4.69, 9.17) is 0 Å². The van der Waals surface area contributed by atoms with Crippen molar-refractivity contribution in [2.24, 2.45) is 5.92 Å². The van der Waals surface area contributed by atoms with Crippen molar-refractivity contribution in [1.29, 1.82) is 0 Å². The summed E-state index contributed by atoms with van der Waals surface area (Å²) in [5.41, 5.74) is 0.483. The van der Waals surface area contributed by atoms with E-state index in [2.05, 4.69) is 5.32 Å². The molecule has 1 aliphatic rings. The Kier molecular flexibility index (Phi) is 5.25. The average molecular weight is 346 g/mol. The lowest BCUT2D eigenvalue weighted by Crippen LogP contribution is -2.42. The number of nitrogens with zero attached hydrogens (tertiary/aromatic N) is 1. The van der Waals surface area contributed by atoms with Crippen LogP contribution >= 0.6 is 11.3 Å². The number of carbonyl (C=O) groups is 2. The molecule has 0 spiro atoms. The maximum Gasteiger partial charge on any atom is 0.263 e. The van der Waals surface area contributed by atoms with Crippen LogP contribution in [-0.2, 0) is 11.3 Å². The summed E-state index contributed by atoms with van der Waals surface area (Å²) >= 11 is 1.43. The predicted molar refractivity (Wildman–Crippen MR) is 91.2 cm³/mol. The lowest BCUT2D eigenvalue weighted by molar-refractivity contribution is -0.126. The fraction of sp³-hybridized carbons (Fsp3) is 0.333. The Hall–Kier alpha value is -2.21. The monoisotopic (exact) mass is 346 g/mol. The van der Waals surface area contributed by atoms with Gasteiger partial charge in [-0.1, -0.05) is 24.3 Å². The molecule has 1 saturated heterocycles. The SMILES string of the molecule is O=C(NCc1ccccc1F)C1CCN(C(=O)c2cccs2)CC1. The second-order valence-electron chi connectivity index (χ2n) is 5.85. The molecule has 3 rings (SSSR count). The summed E-state index contributed by atoms with van der Waals surface area (Å²) in [7, 11) is 0. The van der Waals surface area contributed by atoms with E-state index in [1.165, 1.54) is 17.4 Å². The van der Waals surface area contributed by atoms with Gasteiger partial charge in [0.25, 0.3) is 5.91 Å². The molecule has 0 bridgehead atoms. The van der Waals surface area contributed by atoms with Crippen molar-refractivity contribution in [2.75, 3.05) is 13.1 Å². The molecule has 4 nitrogen and oxygen atoms in total. The molecule has 0 aliphatic carbocycles. The molecule has 2 aromatic rings. The first-order valence-corrected chi connectivity index (χ1v) is 8.87. The van der Waals surface area contributed by atoms with E-state index in [9.17, 15) is 14.0 Å². The Morgan fingerprint density at radius 3 is 2.58 bits per heavy atom. The number of carbonyl (C=O) groups excluding carboxylic acids is 2. The van der Waals surface area contributed by atoms with E-state index >= 15 is 0 Å². The third kappa shape index (κ3) is 3.82. The Labute approximate surface area is 144 Å². The highest BCUT2D eigenvalue weighted by Crippen LogP contribution is 2.21. The lowest BCUT2D eigenvalue weighted by atomic mass is 9.95. The van der Waals surface area contributed by atoms with Crippen LogP contribution in [0.4, 0.5) is 4.39 Å². The number of hydrogen-bond acceptors (Lipinski definition) is 3. The second kappa shape index (κ2) is 7.57. The van der Waals surface area contributed by atoms with Gasteiger partial charge in [-0.05, 0) is 30.4 Å². The minimum Gasteiger partial charge on any atom is -0.352 e. The van der Waals surface area contributed by atoms with Gasteiger partial charge in [-0.15, -0.1) is 11.3 Å². The topological polar surface area (TPSA) is 49.4 Å². The van der Waals surface area contributed by atoms with Crippen molar-refractivity contribution < 1.29 is 14.0 Å². The minimum absolute atomic E-state index is 0.0372. The van der Waals surface area contributed by atoms with E-state index in [1.54, 1.807) is 23.1 Å². The Morgan fingerprint density at radius 2 is 1.92 bits per heavy atom. The van der Waals surface area contributed by atoms with Crippen LogP contribution in [0.1, 0.15) is 28.1 Å². The van der Waals surface area contributed by atoms with E-state index in [1.807, 2.05) is 17.5 Å². The van der Waals surface area contributed by atoms with E-state index in [0.717, 1.165) is 4.88 Å². The summed E-state index contributed by atoms with van der Waals surface area (Å²) in [6.07, 6.45) is 1.28. The lowest BCUT2D eigenvalue weighted by Gasteiger charge is -2.31. The zero-order valence-corrected chi connectivity index (χ0v) is 14.0. The summed E-state index contributed by atoms with van der Waals surface area (Å²) in [6, 6.07) is 10.1. The largest absolute Gasteiger partial charge is 0.352 e. The van der Waals surface area contributed by atoms with Crippen molar-refractivity contribution >= 4 is 23.2 Å². The number of halogens is 1. The summed E-state index contributed by atoms with van der Waals surface area (Å²) in [5.74, 6) is -0.463. The molecule has 24 heavy (non-hydrogen) atoms. The molecule has 0 radical (unpaired) electrons. The predicted octanol–water partition coefficient (Wildman–Crippen LogP) is 3.06. The van der Waals surface area contributed by atoms with Crippen molar-refractivity contribution in [3.8, 4) is 0 Å². The van der Waals surface area contributed by atoms with Gasteiger partial charge >= 0.3 is 0 Å². The number of hydrogen-bond donors (Lipinski definition) is 1. The van der Waals surface area contributed by atoms with Crippen LogP contribution in [0.25, 0.3) is 0 Å². The maximum atomic E-state index is 13.6. The molecule has 1 aromatic heterocycles. The number of nitrogens with one attached hydrogen (secondary N) is 1. The molecule has 0 saturated carbocycles. The Morgan fingerprint density at radius 1 is 1.17 bits per heavy atom. The standard InChI is InChI=1S/C18H19FN2O2S/c19-15-5-2-1-4-14(15)12-20-17(22)13-7-9-21(10-8-13)18(23)16-6-3-11-24-16/h1-6,11,13H,7-10,12H2,(H,20,22). The fourth-order valence-corrected chi connectivity index (χ4v) is 3.56. The van der Waals surface area contributed by atoms with Gasteiger partial charge in [-0.2, -0.15) is 0 Å². The number of benzene rings is 1. The zero-order chi connectivity index (χ0) is 16.9. The van der Waals surface area contributed by atoms with Gasteiger partial charge < -0.3 is 10.2 Å². The second-order valence-corrected chi connectivity index (χ2v) is 6.80. The quantitative estimate of drug-likeness (QED) is 0.925. The highest BCUT2D eigenvalue weighted by atomic mass is 32.1. The summed E-state index contributed by atoms with van der Waals surface area (Å²) < 4.78 is 13.6. The van der Waals surface area contributed by atoms with Gasteiger partial charge in [0.2, 0.25) is 5.91 Å². The molecule has 2 heterocycles. The van der Waals surface area contributed by atoms with E-state index in [0.29, 0.717) is 31.5 Å². The first-order chi connectivity index (χ1) is 11.6. The molecule has 2 amide bonds. The molecular formula is C18H19FN2O2S. The van der Waals surface area contributed by atoms with Crippen LogP contribution < -0.4 is 5.32 Å². The molecule has 0 unspecified atom stereocenters. The third-order valence-corrected chi connectivity index (χ3v) is 5.15. The van der Waals surface area contributed by atoms with Gasteiger partial charge in [-0.3, -0.25) is 9.59 Å². The Balaban J connectivity index is 1.48. The Bertz CT molecular complexity index is 710. The first-order valence-electron chi connectivity index (χ1n) is 7.99. The van der Waals surface area contributed by atoms with Crippen molar-refractivity contribution in [1.82, 2.24) is 10.2 Å². The van der Waals surface area contributed by atoms with Gasteiger partial charge in [0, 0.05) is 31.1 Å². The minimum atomic E-state index is -0.311. The van der Waals surface area contributed by atoms with Crippen LogP contribution in [0.15, 0.2) is 41.8 Å². The van der Waals surface area contributed by atoms with E-state index in [-0.39, 0.29) is 30.1 Å². The smallest absolute Gasteiger partial charge is 0.263 e. The third-order valence-electron chi connectivity index (χ3n) is 4.30. The number of likely N-dealkylation sites (tertiary alicyclic amines) is 1. The number of rotatable bonds is 4. The first kappa shape index (κ1) is 16.6. The summed E-state index contributed by atoms with van der Waals surface area (Å²) in [4.78, 5) is 27.1. The summed E-state index contributed by atoms with van der Waals surface area (Å²) in [6.45, 7) is 1.35. The highest BCUT2D eigenvalue weighted by Gasteiger charge is 2.28. The number of thiophene rings is 1. The van der Waals surface area contributed by atoms with Crippen LogP contribution in [0.5, 0.6) is 0 Å². The molecule has 1 fully saturated rings. The fourth-order valence-electron chi connectivity index (χ4n) is 2.87. The van der Waals surface area contributed by atoms with Crippen molar-refractivity contribution in [2.45, 2.75) is 19.4 Å². The number of amides is 2. The molecular weight excluding hydrogens is 327 g/mol. The molecule has 0 atom stereocenters. The molecule has 1 N–H and O–H groups in total. The van der Waals surface area contributed by atoms with Gasteiger partial charge in [-0.25, -0.2) is 4.39 Å². The average Bonchev–Trinajstić information content (AvgIpc) is 3.15.